The number of nitrogens with zero attached hydrogens (tertiary/aromatic N) is 4. The lowest BCUT2D eigenvalue weighted by atomic mass is 9.94. The zero-order chi connectivity index (χ0) is 16.9. The van der Waals surface area contributed by atoms with Crippen molar-refractivity contribution in [3.8, 4) is 0 Å². The van der Waals surface area contributed by atoms with Gasteiger partial charge >= 0.3 is 5.97 Å². The molecule has 1 atom stereocenters. The molecule has 3 heterocycles. The summed E-state index contributed by atoms with van der Waals surface area (Å²) in [5.41, 5.74) is 3.23. The number of carboxylic acids is 1. The highest BCUT2D eigenvalue weighted by molar-refractivity contribution is 5.66. The van der Waals surface area contributed by atoms with E-state index in [1.165, 1.54) is 0 Å². The van der Waals surface area contributed by atoms with Crippen molar-refractivity contribution in [2.45, 2.75) is 38.6 Å². The lowest BCUT2D eigenvalue weighted by Crippen LogP contribution is -2.36. The number of aliphatic carboxylic acids is 1. The van der Waals surface area contributed by atoms with E-state index in [4.69, 9.17) is 5.11 Å². The molecule has 3 rings (SSSR count). The summed E-state index contributed by atoms with van der Waals surface area (Å²) < 4.78 is 1.62. The van der Waals surface area contributed by atoms with Gasteiger partial charge in [0.15, 0.2) is 0 Å². The molecule has 1 fully saturated rings. The van der Waals surface area contributed by atoms with Gasteiger partial charge in [0.05, 0.1) is 0 Å². The largest absolute Gasteiger partial charge is 0.480 e. The van der Waals surface area contributed by atoms with Crippen LogP contribution >= 0.6 is 0 Å². The Morgan fingerprint density at radius 2 is 2.25 bits per heavy atom. The minimum absolute atomic E-state index is 0.0634. The first kappa shape index (κ1) is 16.6. The summed E-state index contributed by atoms with van der Waals surface area (Å²) in [6.07, 6.45) is 4.87. The molecule has 0 aromatic carbocycles. The number of pyridine rings is 1. The van der Waals surface area contributed by atoms with Gasteiger partial charge in [0.25, 0.3) is 0 Å². The highest BCUT2D eigenvalue weighted by Crippen LogP contribution is 2.26. The standard InChI is InChI=1S/C18H24N4O2/c1-14-4-2-6-16(20-14)8-11-21-10-3-5-15(12-21)17-7-9-19-22(17)13-18(23)24/h2,4,6-7,9,15H,3,5,8,10-13H2,1H3,(H,23,24)/t15-/m0/s1. The Morgan fingerprint density at radius 1 is 1.38 bits per heavy atom. The third kappa shape index (κ3) is 4.20. The van der Waals surface area contributed by atoms with Crippen molar-refractivity contribution < 1.29 is 9.90 Å². The van der Waals surface area contributed by atoms with Crippen molar-refractivity contribution >= 4 is 5.97 Å². The van der Waals surface area contributed by atoms with Gasteiger partial charge in [0, 0.05) is 48.7 Å². The van der Waals surface area contributed by atoms with E-state index < -0.39 is 5.97 Å². The highest BCUT2D eigenvalue weighted by Gasteiger charge is 2.24. The van der Waals surface area contributed by atoms with Gasteiger partial charge in [-0.25, -0.2) is 0 Å². The van der Waals surface area contributed by atoms with Crippen molar-refractivity contribution in [1.29, 1.82) is 0 Å². The molecule has 0 unspecified atom stereocenters. The zero-order valence-electron chi connectivity index (χ0n) is 14.1. The lowest BCUT2D eigenvalue weighted by molar-refractivity contribution is -0.137. The molecule has 0 radical (unpaired) electrons. The molecule has 128 valence electrons. The molecule has 2 aromatic heterocycles. The third-order valence-electron chi connectivity index (χ3n) is 4.59. The summed E-state index contributed by atoms with van der Waals surface area (Å²) in [6.45, 7) is 4.99. The molecule has 2 aromatic rings. The molecular formula is C18H24N4O2. The van der Waals surface area contributed by atoms with E-state index >= 15 is 0 Å². The van der Waals surface area contributed by atoms with Gasteiger partial charge in [-0.05, 0) is 44.5 Å². The van der Waals surface area contributed by atoms with Crippen LogP contribution in [0.2, 0.25) is 0 Å². The molecule has 1 aliphatic rings. The van der Waals surface area contributed by atoms with E-state index in [9.17, 15) is 4.79 Å². The van der Waals surface area contributed by atoms with E-state index in [-0.39, 0.29) is 6.54 Å². The average molecular weight is 328 g/mol. The summed E-state index contributed by atoms with van der Waals surface area (Å²) in [4.78, 5) is 18.0. The van der Waals surface area contributed by atoms with Gasteiger partial charge in [0.1, 0.15) is 6.54 Å². The first-order chi connectivity index (χ1) is 11.6. The van der Waals surface area contributed by atoms with Crippen LogP contribution in [0.1, 0.15) is 35.8 Å². The van der Waals surface area contributed by atoms with Gasteiger partial charge in [0.2, 0.25) is 0 Å². The fraction of sp³-hybridized carbons (Fsp3) is 0.500. The average Bonchev–Trinajstić information content (AvgIpc) is 3.01. The first-order valence-corrected chi connectivity index (χ1v) is 8.50. The molecule has 6 heteroatoms. The van der Waals surface area contributed by atoms with Crippen LogP contribution in [0.4, 0.5) is 0 Å². The smallest absolute Gasteiger partial charge is 0.325 e. The van der Waals surface area contributed by atoms with Crippen LogP contribution in [0.15, 0.2) is 30.5 Å². The molecular weight excluding hydrogens is 304 g/mol. The van der Waals surface area contributed by atoms with E-state index in [2.05, 4.69) is 27.1 Å². The monoisotopic (exact) mass is 328 g/mol. The topological polar surface area (TPSA) is 71.2 Å². The normalized spacial score (nSPS) is 18.6. The predicted molar refractivity (Wildman–Crippen MR) is 91.0 cm³/mol. The van der Waals surface area contributed by atoms with Crippen LogP contribution < -0.4 is 0 Å². The Morgan fingerprint density at radius 3 is 3.04 bits per heavy atom. The van der Waals surface area contributed by atoms with Crippen molar-refractivity contribution in [2.75, 3.05) is 19.6 Å². The fourth-order valence-electron chi connectivity index (χ4n) is 3.46. The minimum Gasteiger partial charge on any atom is -0.480 e. The van der Waals surface area contributed by atoms with E-state index in [1.807, 2.05) is 19.1 Å². The minimum atomic E-state index is -0.849. The summed E-state index contributed by atoms with van der Waals surface area (Å²) in [6, 6.07) is 8.11. The maximum absolute atomic E-state index is 11.0. The number of carbonyl (C=O) groups is 1. The number of piperidine rings is 1. The van der Waals surface area contributed by atoms with Crippen LogP contribution in [-0.4, -0.2) is 50.4 Å². The van der Waals surface area contributed by atoms with Crippen LogP contribution in [0, 0.1) is 6.92 Å². The van der Waals surface area contributed by atoms with Crippen LogP contribution in [0.5, 0.6) is 0 Å². The molecule has 1 aliphatic heterocycles. The molecule has 1 saturated heterocycles. The van der Waals surface area contributed by atoms with Crippen molar-refractivity contribution in [1.82, 2.24) is 19.7 Å². The Hall–Kier alpha value is -2.21. The Bertz CT molecular complexity index is 698. The number of likely N-dealkylation sites (tertiary alicyclic amines) is 1. The summed E-state index contributed by atoms with van der Waals surface area (Å²) >= 11 is 0. The number of rotatable bonds is 6. The van der Waals surface area contributed by atoms with Gasteiger partial charge in [-0.1, -0.05) is 6.07 Å². The number of aryl methyl sites for hydroxylation is 1. The van der Waals surface area contributed by atoms with Gasteiger partial charge in [-0.2, -0.15) is 5.10 Å². The SMILES string of the molecule is Cc1cccc(CCN2CCC[C@H](c3ccnn3CC(=O)O)C2)n1. The third-order valence-corrected chi connectivity index (χ3v) is 4.59. The number of hydrogen-bond acceptors (Lipinski definition) is 4. The first-order valence-electron chi connectivity index (χ1n) is 8.50. The fourth-order valence-corrected chi connectivity index (χ4v) is 3.46. The quantitative estimate of drug-likeness (QED) is 0.879. The van der Waals surface area contributed by atoms with E-state index in [0.717, 1.165) is 56.0 Å². The highest BCUT2D eigenvalue weighted by atomic mass is 16.4. The Kier molecular flexibility index (Phi) is 5.25. The number of hydrogen-bond donors (Lipinski definition) is 1. The van der Waals surface area contributed by atoms with E-state index in [1.54, 1.807) is 10.9 Å². The number of aromatic nitrogens is 3. The van der Waals surface area contributed by atoms with Crippen LogP contribution in [0.3, 0.4) is 0 Å². The van der Waals surface area contributed by atoms with Crippen molar-refractivity contribution in [2.24, 2.45) is 0 Å². The number of carboxylic acid groups (broad SMARTS) is 1. The molecule has 0 spiro atoms. The van der Waals surface area contributed by atoms with Crippen molar-refractivity contribution in [3.05, 3.63) is 47.5 Å². The molecule has 0 bridgehead atoms. The summed E-state index contributed by atoms with van der Waals surface area (Å²) in [5.74, 6) is -0.496. The van der Waals surface area contributed by atoms with E-state index in [0.29, 0.717) is 5.92 Å². The second kappa shape index (κ2) is 7.57. The molecule has 24 heavy (non-hydrogen) atoms. The second-order valence-electron chi connectivity index (χ2n) is 6.47. The molecule has 0 amide bonds. The Labute approximate surface area is 142 Å². The van der Waals surface area contributed by atoms with Gasteiger partial charge < -0.3 is 10.0 Å². The van der Waals surface area contributed by atoms with Gasteiger partial charge in [-0.15, -0.1) is 0 Å². The summed E-state index contributed by atoms with van der Waals surface area (Å²) in [5, 5.41) is 13.2. The predicted octanol–water partition coefficient (Wildman–Crippen LogP) is 2.09. The van der Waals surface area contributed by atoms with Crippen LogP contribution in [-0.2, 0) is 17.8 Å². The van der Waals surface area contributed by atoms with Crippen LogP contribution in [0.25, 0.3) is 0 Å². The lowest BCUT2D eigenvalue weighted by Gasteiger charge is -2.32. The van der Waals surface area contributed by atoms with Crippen molar-refractivity contribution in [3.63, 3.8) is 0 Å². The molecule has 6 nitrogen and oxygen atoms in total. The summed E-state index contributed by atoms with van der Waals surface area (Å²) in [7, 11) is 0. The molecule has 0 aliphatic carbocycles. The Balaban J connectivity index is 1.60. The maximum atomic E-state index is 11.0. The second-order valence-corrected chi connectivity index (χ2v) is 6.47. The van der Waals surface area contributed by atoms with Gasteiger partial charge in [-0.3, -0.25) is 14.5 Å². The molecule has 0 saturated carbocycles. The molecule has 1 N–H and O–H groups in total. The zero-order valence-corrected chi connectivity index (χ0v) is 14.1. The maximum Gasteiger partial charge on any atom is 0.325 e.